The average Bonchev–Trinajstić information content (AvgIpc) is 3.09. The molecule has 2 aromatic rings. The van der Waals surface area contributed by atoms with Gasteiger partial charge in [-0.3, -0.25) is 0 Å². The molecule has 0 N–H and O–H groups in total. The lowest BCUT2D eigenvalue weighted by atomic mass is 9.89. The molecule has 0 radical (unpaired) electrons. The first-order valence-corrected chi connectivity index (χ1v) is 11.5. The Balaban J connectivity index is 2.00. The van der Waals surface area contributed by atoms with E-state index in [1.165, 1.54) is 44.5 Å². The molecule has 0 spiro atoms. The molecule has 0 atom stereocenters. The maximum Gasteiger partial charge on any atom is 0.207 e. The Morgan fingerprint density at radius 3 is 1.53 bits per heavy atom. The molecule has 0 unspecified atom stereocenters. The Labute approximate surface area is 182 Å². The maximum atomic E-state index is 11.1. The third kappa shape index (κ3) is 4.33. The van der Waals surface area contributed by atoms with E-state index in [0.717, 1.165) is 54.6 Å². The summed E-state index contributed by atoms with van der Waals surface area (Å²) < 4.78 is 1.38. The summed E-state index contributed by atoms with van der Waals surface area (Å²) in [5.41, 5.74) is 23.3. The maximum absolute atomic E-state index is 11.1. The van der Waals surface area contributed by atoms with Crippen molar-refractivity contribution in [3.63, 3.8) is 0 Å². The minimum atomic E-state index is 0.850. The zero-order chi connectivity index (χ0) is 21.8. The highest BCUT2D eigenvalue weighted by atomic mass is 15.2. The zero-order valence-electron chi connectivity index (χ0n) is 19.6. The van der Waals surface area contributed by atoms with Crippen LogP contribution >= 0.6 is 0 Å². The third-order valence-corrected chi connectivity index (χ3v) is 6.35. The summed E-state index contributed by atoms with van der Waals surface area (Å²) in [5, 5.41) is 0. The highest BCUT2D eigenvalue weighted by Gasteiger charge is 2.25. The van der Waals surface area contributed by atoms with Crippen molar-refractivity contribution < 1.29 is 4.70 Å². The molecule has 0 aromatic heterocycles. The van der Waals surface area contributed by atoms with Gasteiger partial charge in [0.25, 0.3) is 0 Å². The molecule has 1 heterocycles. The van der Waals surface area contributed by atoms with Gasteiger partial charge >= 0.3 is 0 Å². The fourth-order valence-electron chi connectivity index (χ4n) is 4.55. The monoisotopic (exact) mass is 400 g/mol. The molecule has 1 aliphatic heterocycles. The molecular formula is C28H36N2. The van der Waals surface area contributed by atoms with Crippen molar-refractivity contribution in [1.82, 2.24) is 0 Å². The van der Waals surface area contributed by atoms with Gasteiger partial charge in [0.15, 0.2) is 0 Å². The summed E-state index contributed by atoms with van der Waals surface area (Å²) in [4.78, 5) is 0. The van der Waals surface area contributed by atoms with E-state index >= 15 is 0 Å². The summed E-state index contributed by atoms with van der Waals surface area (Å²) in [6, 6.07) is 8.96. The summed E-state index contributed by atoms with van der Waals surface area (Å²) >= 11 is 0. The smallest absolute Gasteiger partial charge is 0.207 e. The molecule has 1 aliphatic rings. The van der Waals surface area contributed by atoms with Gasteiger partial charge in [0.2, 0.25) is 11.4 Å². The topological polar surface area (TPSA) is 25.3 Å². The predicted molar refractivity (Wildman–Crippen MR) is 129 cm³/mol. The van der Waals surface area contributed by atoms with Crippen LogP contribution in [0.15, 0.2) is 36.4 Å². The molecule has 2 aromatic carbocycles. The van der Waals surface area contributed by atoms with Crippen molar-refractivity contribution in [2.45, 2.75) is 80.1 Å². The Hall–Kier alpha value is -2.48. The van der Waals surface area contributed by atoms with Gasteiger partial charge in [-0.2, -0.15) is 0 Å². The Morgan fingerprint density at radius 2 is 1.10 bits per heavy atom. The second-order valence-corrected chi connectivity index (χ2v) is 8.67. The van der Waals surface area contributed by atoms with Gasteiger partial charge in [-0.25, -0.2) is 4.70 Å². The van der Waals surface area contributed by atoms with Gasteiger partial charge < -0.3 is 5.53 Å². The molecule has 0 amide bonds. The van der Waals surface area contributed by atoms with Crippen LogP contribution < -0.4 is 0 Å². The zero-order valence-corrected chi connectivity index (χ0v) is 19.6. The van der Waals surface area contributed by atoms with Crippen molar-refractivity contribution >= 4 is 11.4 Å². The minimum absolute atomic E-state index is 0.850. The molecule has 3 rings (SSSR count). The quantitative estimate of drug-likeness (QED) is 0.402. The van der Waals surface area contributed by atoms with Gasteiger partial charge in [-0.1, -0.05) is 40.0 Å². The second kappa shape index (κ2) is 9.55. The Kier molecular flexibility index (Phi) is 7.07. The van der Waals surface area contributed by atoms with E-state index in [4.69, 9.17) is 0 Å². The van der Waals surface area contributed by atoms with Crippen molar-refractivity contribution in [1.29, 1.82) is 0 Å². The number of hydrogen-bond donors (Lipinski definition) is 0. The summed E-state index contributed by atoms with van der Waals surface area (Å²) in [6.45, 7) is 13.2. The van der Waals surface area contributed by atoms with E-state index in [-0.39, 0.29) is 0 Å². The number of hydrogen-bond acceptors (Lipinski definition) is 0. The van der Waals surface area contributed by atoms with Crippen LogP contribution in [0, 0.1) is 20.8 Å². The summed E-state index contributed by atoms with van der Waals surface area (Å²) in [7, 11) is 0. The number of aryl methyl sites for hydroxylation is 4. The van der Waals surface area contributed by atoms with E-state index in [0.29, 0.717) is 0 Å². The predicted octanol–water partition coefficient (Wildman–Crippen LogP) is 7.90. The van der Waals surface area contributed by atoms with Crippen molar-refractivity contribution in [2.24, 2.45) is 0 Å². The van der Waals surface area contributed by atoms with Gasteiger partial charge in [0.1, 0.15) is 0 Å². The number of allylic oxidation sites excluding steroid dienone is 2. The van der Waals surface area contributed by atoms with E-state index in [9.17, 15) is 5.53 Å². The molecule has 0 saturated carbocycles. The van der Waals surface area contributed by atoms with Crippen LogP contribution in [0.2, 0.25) is 0 Å². The fraction of sp³-hybridized carbons (Fsp3) is 0.429. The first-order chi connectivity index (χ1) is 14.4. The second-order valence-electron chi connectivity index (χ2n) is 8.67. The Bertz CT molecular complexity index is 971. The molecule has 0 bridgehead atoms. The normalized spacial score (nSPS) is 13.6. The number of rotatable bonds is 8. The molecular weight excluding hydrogens is 364 g/mol. The highest BCUT2D eigenvalue weighted by molar-refractivity contribution is 5.76. The van der Waals surface area contributed by atoms with Gasteiger partial charge in [0, 0.05) is 23.3 Å². The van der Waals surface area contributed by atoms with Crippen molar-refractivity contribution in [2.75, 3.05) is 0 Å². The van der Waals surface area contributed by atoms with E-state index in [1.54, 1.807) is 0 Å². The molecule has 0 saturated heterocycles. The van der Waals surface area contributed by atoms with Crippen molar-refractivity contribution in [3.05, 3.63) is 86.5 Å². The van der Waals surface area contributed by atoms with E-state index in [1.807, 2.05) is 6.08 Å². The molecule has 0 aliphatic carbocycles. The van der Waals surface area contributed by atoms with Crippen LogP contribution in [0.5, 0.6) is 0 Å². The minimum Gasteiger partial charge on any atom is -0.493 e. The average molecular weight is 401 g/mol. The lowest BCUT2D eigenvalue weighted by Crippen LogP contribution is -2.07. The first kappa shape index (κ1) is 22.2. The largest absolute Gasteiger partial charge is 0.493 e. The molecule has 2 heteroatoms. The molecule has 30 heavy (non-hydrogen) atoms. The Morgan fingerprint density at radius 1 is 0.667 bits per heavy atom. The van der Waals surface area contributed by atoms with Gasteiger partial charge in [0.05, 0.1) is 0 Å². The van der Waals surface area contributed by atoms with E-state index in [2.05, 4.69) is 71.9 Å². The molecule has 2 nitrogen and oxygen atoms in total. The standard InChI is InChI=1S/C28H36N2/c1-7-10-22-17-25(18-23(11-8-2)26(22)12-9-3)28-14-13-27(30(28)29)24-15-19(4)21(6)20(5)16-24/h13-18H,7-12H2,1-6H3. The van der Waals surface area contributed by atoms with Crippen LogP contribution in [0.3, 0.4) is 0 Å². The van der Waals surface area contributed by atoms with Crippen molar-refractivity contribution in [3.8, 4) is 0 Å². The molecule has 0 fully saturated rings. The fourth-order valence-corrected chi connectivity index (χ4v) is 4.55. The van der Waals surface area contributed by atoms with Crippen LogP contribution in [-0.4, -0.2) is 4.70 Å². The van der Waals surface area contributed by atoms with Crippen LogP contribution in [0.1, 0.15) is 84.5 Å². The summed E-state index contributed by atoms with van der Waals surface area (Å²) in [6.07, 6.45) is 10.9. The lowest BCUT2D eigenvalue weighted by molar-refractivity contribution is -0.344. The van der Waals surface area contributed by atoms with Crippen LogP contribution in [0.4, 0.5) is 0 Å². The SMILES string of the molecule is CCCc1cc(C2=CC=C(c3cc(C)c(C)c(C)c3)[N+]2=[N-])cc(CCC)c1CCC. The lowest BCUT2D eigenvalue weighted by Gasteiger charge is -2.17. The summed E-state index contributed by atoms with van der Waals surface area (Å²) in [5.74, 6) is 0. The number of nitrogens with zero attached hydrogens (tertiary/aromatic N) is 2. The van der Waals surface area contributed by atoms with E-state index < -0.39 is 0 Å². The van der Waals surface area contributed by atoms with Gasteiger partial charge in [-0.05, 0) is 97.7 Å². The number of benzene rings is 2. The molecule has 158 valence electrons. The van der Waals surface area contributed by atoms with Crippen LogP contribution in [0.25, 0.3) is 16.9 Å². The van der Waals surface area contributed by atoms with Crippen LogP contribution in [-0.2, 0) is 19.3 Å². The highest BCUT2D eigenvalue weighted by Crippen LogP contribution is 2.34. The third-order valence-electron chi connectivity index (χ3n) is 6.35. The first-order valence-electron chi connectivity index (χ1n) is 11.5. The van der Waals surface area contributed by atoms with Gasteiger partial charge in [-0.15, -0.1) is 0 Å².